The van der Waals surface area contributed by atoms with Gasteiger partial charge >= 0.3 is 0 Å². The lowest BCUT2D eigenvalue weighted by atomic mass is 10.1. The number of benzene rings is 2. The minimum Gasteiger partial charge on any atom is -0.267 e. The molecule has 0 aromatic heterocycles. The predicted octanol–water partition coefficient (Wildman–Crippen LogP) is 4.16. The molecule has 0 spiro atoms. The molecule has 120 valence electrons. The third-order valence-electron chi connectivity index (χ3n) is 3.53. The summed E-state index contributed by atoms with van der Waals surface area (Å²) in [5.74, 6) is -0.232. The van der Waals surface area contributed by atoms with Gasteiger partial charge in [0.2, 0.25) is 0 Å². The fraction of sp³-hybridized carbons (Fsp3) is 0.0588. The Bertz CT molecular complexity index is 888. The first-order valence-electron chi connectivity index (χ1n) is 7.07. The lowest BCUT2D eigenvalue weighted by Crippen LogP contribution is -2.21. The second kappa shape index (κ2) is 6.37. The highest BCUT2D eigenvalue weighted by atomic mass is 79.9. The van der Waals surface area contributed by atoms with Crippen molar-refractivity contribution in [3.05, 3.63) is 74.3 Å². The number of nitro groups is 1. The normalized spacial score (nSPS) is 15.8. The summed E-state index contributed by atoms with van der Waals surface area (Å²) in [5.41, 5.74) is 2.44. The largest absolute Gasteiger partial charge is 0.280 e. The molecule has 1 aliphatic heterocycles. The van der Waals surface area contributed by atoms with Gasteiger partial charge in [-0.05, 0) is 48.9 Å². The summed E-state index contributed by atoms with van der Waals surface area (Å²) in [4.78, 5) is 22.9. The van der Waals surface area contributed by atoms with Gasteiger partial charge in [0, 0.05) is 16.6 Å². The van der Waals surface area contributed by atoms with E-state index in [2.05, 4.69) is 21.0 Å². The zero-order chi connectivity index (χ0) is 17.3. The third kappa shape index (κ3) is 3.11. The molecule has 1 heterocycles. The highest BCUT2D eigenvalue weighted by Crippen LogP contribution is 2.27. The Balaban J connectivity index is 1.91. The fourth-order valence-electron chi connectivity index (χ4n) is 2.33. The topological polar surface area (TPSA) is 75.8 Å². The monoisotopic (exact) mass is 385 g/mol. The zero-order valence-corrected chi connectivity index (χ0v) is 14.2. The van der Waals surface area contributed by atoms with E-state index in [1.54, 1.807) is 31.2 Å². The van der Waals surface area contributed by atoms with Crippen LogP contribution >= 0.6 is 15.9 Å². The molecule has 24 heavy (non-hydrogen) atoms. The van der Waals surface area contributed by atoms with Crippen molar-refractivity contribution >= 4 is 45.0 Å². The van der Waals surface area contributed by atoms with Crippen LogP contribution in [0.1, 0.15) is 12.5 Å². The smallest absolute Gasteiger partial charge is 0.267 e. The molecule has 6 nitrogen and oxygen atoms in total. The van der Waals surface area contributed by atoms with Crippen LogP contribution in [0.3, 0.4) is 0 Å². The van der Waals surface area contributed by atoms with E-state index in [0.29, 0.717) is 22.5 Å². The van der Waals surface area contributed by atoms with Gasteiger partial charge in [-0.25, -0.2) is 0 Å². The maximum Gasteiger partial charge on any atom is 0.280 e. The first-order chi connectivity index (χ1) is 11.5. The molecule has 1 aliphatic rings. The van der Waals surface area contributed by atoms with E-state index in [0.717, 1.165) is 4.47 Å². The molecule has 2 aromatic rings. The van der Waals surface area contributed by atoms with E-state index in [-0.39, 0.29) is 11.6 Å². The molecule has 0 bridgehead atoms. The second-order valence-electron chi connectivity index (χ2n) is 5.19. The van der Waals surface area contributed by atoms with Crippen LogP contribution in [0.25, 0.3) is 6.08 Å². The zero-order valence-electron chi connectivity index (χ0n) is 12.6. The first-order valence-corrected chi connectivity index (χ1v) is 7.87. The van der Waals surface area contributed by atoms with Gasteiger partial charge in [-0.1, -0.05) is 22.0 Å². The Kier molecular flexibility index (Phi) is 4.26. The number of non-ortho nitro benzene ring substituents is 1. The molecular formula is C17H12BrN3O3. The minimum absolute atomic E-state index is 0.0102. The summed E-state index contributed by atoms with van der Waals surface area (Å²) in [7, 11) is 0. The Morgan fingerprint density at radius 2 is 1.92 bits per heavy atom. The minimum atomic E-state index is -0.459. The van der Waals surface area contributed by atoms with Crippen LogP contribution in [0.5, 0.6) is 0 Å². The van der Waals surface area contributed by atoms with Crippen molar-refractivity contribution in [3.8, 4) is 0 Å². The van der Waals surface area contributed by atoms with E-state index in [1.165, 1.54) is 17.1 Å². The average Bonchev–Trinajstić information content (AvgIpc) is 2.83. The van der Waals surface area contributed by atoms with Gasteiger partial charge in [0.05, 0.1) is 21.9 Å². The number of hydrogen-bond donors (Lipinski definition) is 0. The van der Waals surface area contributed by atoms with Crippen LogP contribution in [0.15, 0.2) is 63.7 Å². The van der Waals surface area contributed by atoms with Crippen LogP contribution in [0.4, 0.5) is 11.4 Å². The Labute approximate surface area is 146 Å². The van der Waals surface area contributed by atoms with Crippen molar-refractivity contribution in [2.24, 2.45) is 5.10 Å². The number of hydrazone groups is 1. The average molecular weight is 386 g/mol. The summed E-state index contributed by atoms with van der Waals surface area (Å²) >= 11 is 3.38. The van der Waals surface area contributed by atoms with E-state index >= 15 is 0 Å². The second-order valence-corrected chi connectivity index (χ2v) is 6.10. The van der Waals surface area contributed by atoms with Crippen LogP contribution in [0, 0.1) is 10.1 Å². The van der Waals surface area contributed by atoms with Crippen molar-refractivity contribution in [1.82, 2.24) is 0 Å². The molecule has 0 saturated heterocycles. The molecule has 0 radical (unpaired) electrons. The van der Waals surface area contributed by atoms with E-state index in [1.807, 2.05) is 18.2 Å². The Morgan fingerprint density at radius 1 is 1.21 bits per heavy atom. The number of carbonyl (C=O) groups is 1. The number of nitro benzene ring substituents is 1. The molecule has 0 unspecified atom stereocenters. The third-order valence-corrected chi connectivity index (χ3v) is 4.02. The Morgan fingerprint density at radius 3 is 2.54 bits per heavy atom. The summed E-state index contributed by atoms with van der Waals surface area (Å²) in [6.07, 6.45) is 1.68. The summed E-state index contributed by atoms with van der Waals surface area (Å²) in [6, 6.07) is 13.3. The van der Waals surface area contributed by atoms with Crippen LogP contribution in [-0.2, 0) is 4.79 Å². The number of anilines is 1. The lowest BCUT2D eigenvalue weighted by molar-refractivity contribution is -0.384. The maximum atomic E-state index is 12.6. The molecule has 3 rings (SSSR count). The standard InChI is InChI=1S/C17H12BrN3O3/c1-11-16(9-12-5-7-14(8-6-12)21(23)24)17(22)20(19-11)15-4-2-3-13(18)10-15/h2-10H,1H3/b16-9+. The van der Waals surface area contributed by atoms with E-state index < -0.39 is 4.92 Å². The van der Waals surface area contributed by atoms with E-state index in [9.17, 15) is 14.9 Å². The Hall–Kier alpha value is -2.80. The highest BCUT2D eigenvalue weighted by molar-refractivity contribution is 9.10. The van der Waals surface area contributed by atoms with Crippen molar-refractivity contribution in [2.45, 2.75) is 6.92 Å². The van der Waals surface area contributed by atoms with Crippen LogP contribution in [-0.4, -0.2) is 16.5 Å². The predicted molar refractivity (Wildman–Crippen MR) is 95.8 cm³/mol. The number of carbonyl (C=O) groups excluding carboxylic acids is 1. The van der Waals surface area contributed by atoms with Crippen molar-refractivity contribution in [3.63, 3.8) is 0 Å². The number of amides is 1. The molecule has 0 fully saturated rings. The van der Waals surface area contributed by atoms with Crippen molar-refractivity contribution < 1.29 is 9.72 Å². The molecule has 0 N–H and O–H groups in total. The van der Waals surface area contributed by atoms with Gasteiger partial charge in [0.25, 0.3) is 11.6 Å². The fourth-order valence-corrected chi connectivity index (χ4v) is 2.71. The van der Waals surface area contributed by atoms with E-state index in [4.69, 9.17) is 0 Å². The van der Waals surface area contributed by atoms with Gasteiger partial charge in [-0.3, -0.25) is 14.9 Å². The molecule has 0 saturated carbocycles. The summed E-state index contributed by atoms with van der Waals surface area (Å²) < 4.78 is 0.855. The molecule has 2 aromatic carbocycles. The number of nitrogens with zero attached hydrogens (tertiary/aromatic N) is 3. The molecule has 0 aliphatic carbocycles. The van der Waals surface area contributed by atoms with Crippen LogP contribution < -0.4 is 5.01 Å². The SMILES string of the molecule is CC1=NN(c2cccc(Br)c2)C(=O)/C1=C/c1ccc([N+](=O)[O-])cc1. The number of rotatable bonds is 3. The van der Waals surface area contributed by atoms with Crippen LogP contribution in [0.2, 0.25) is 0 Å². The molecule has 7 heteroatoms. The molecular weight excluding hydrogens is 374 g/mol. The first kappa shape index (κ1) is 16.1. The van der Waals surface area contributed by atoms with Gasteiger partial charge in [-0.15, -0.1) is 0 Å². The van der Waals surface area contributed by atoms with Gasteiger partial charge in [-0.2, -0.15) is 10.1 Å². The van der Waals surface area contributed by atoms with Crippen molar-refractivity contribution in [1.29, 1.82) is 0 Å². The summed E-state index contributed by atoms with van der Waals surface area (Å²) in [6.45, 7) is 1.76. The number of hydrogen-bond acceptors (Lipinski definition) is 4. The quantitative estimate of drug-likeness (QED) is 0.452. The molecule has 0 atom stereocenters. The van der Waals surface area contributed by atoms with Gasteiger partial charge in [0.15, 0.2) is 0 Å². The van der Waals surface area contributed by atoms with Gasteiger partial charge < -0.3 is 0 Å². The highest BCUT2D eigenvalue weighted by Gasteiger charge is 2.28. The maximum absolute atomic E-state index is 12.6. The number of halogens is 1. The van der Waals surface area contributed by atoms with Gasteiger partial charge in [0.1, 0.15) is 0 Å². The summed E-state index contributed by atoms with van der Waals surface area (Å²) in [5, 5.41) is 16.3. The molecule has 1 amide bonds. The lowest BCUT2D eigenvalue weighted by Gasteiger charge is -2.11. The van der Waals surface area contributed by atoms with Crippen molar-refractivity contribution in [2.75, 3.05) is 5.01 Å².